The maximum atomic E-state index is 13.1. The Hall–Kier alpha value is -6.53. The number of nitrogens with zero attached hydrogens (tertiary/aromatic N) is 6. The van der Waals surface area contributed by atoms with E-state index in [1.54, 1.807) is 24.8 Å². The third-order valence-electron chi connectivity index (χ3n) is 7.77. The number of amides is 1. The summed E-state index contributed by atoms with van der Waals surface area (Å²) in [7, 11) is 0. The number of halogens is 10. The van der Waals surface area contributed by atoms with Crippen LogP contribution in [0.25, 0.3) is 0 Å². The second-order valence-electron chi connectivity index (χ2n) is 12.2. The number of carbonyl (C=O) groups is 4. The Morgan fingerprint density at radius 1 is 0.767 bits per heavy atom. The first-order valence-corrected chi connectivity index (χ1v) is 17.2. The molecule has 0 saturated carbocycles. The summed E-state index contributed by atoms with van der Waals surface area (Å²) in [5, 5.41) is 31.4. The van der Waals surface area contributed by atoms with Gasteiger partial charge in [0.2, 0.25) is 17.8 Å². The largest absolute Gasteiger partial charge is 0.490 e. The number of aryl methyl sites for hydroxylation is 2. The molecule has 324 valence electrons. The number of anilines is 6. The number of aromatic nitrogens is 5. The topological polar surface area (TPSA) is 233 Å². The zero-order valence-electron chi connectivity index (χ0n) is 30.2. The molecule has 2 aliphatic heterocycles. The number of hydrogen-bond donors (Lipinski definition) is 6. The molecule has 1 fully saturated rings. The summed E-state index contributed by atoms with van der Waals surface area (Å²) in [5.41, 5.74) is 4.53. The first-order valence-electron chi connectivity index (χ1n) is 16.8. The summed E-state index contributed by atoms with van der Waals surface area (Å²) < 4.78 is 95.2. The van der Waals surface area contributed by atoms with Gasteiger partial charge in [0.15, 0.2) is 5.82 Å². The molecule has 1 aromatic carbocycles. The number of rotatable bonds is 4. The summed E-state index contributed by atoms with van der Waals surface area (Å²) in [6, 6.07) is 9.75. The number of carbonyl (C=O) groups excluding carboxylic acids is 1. The van der Waals surface area contributed by atoms with Crippen LogP contribution in [0.15, 0.2) is 61.3 Å². The van der Waals surface area contributed by atoms with E-state index >= 15 is 0 Å². The van der Waals surface area contributed by atoms with Gasteiger partial charge in [-0.3, -0.25) is 9.78 Å². The lowest BCUT2D eigenvalue weighted by molar-refractivity contribution is -0.193. The zero-order valence-corrected chi connectivity index (χ0v) is 31.0. The van der Waals surface area contributed by atoms with Crippen molar-refractivity contribution in [1.29, 1.82) is 0 Å². The molecule has 5 heterocycles. The molecule has 6 N–H and O–H groups in total. The van der Waals surface area contributed by atoms with E-state index in [9.17, 15) is 44.3 Å². The Labute approximate surface area is 336 Å². The van der Waals surface area contributed by atoms with Crippen LogP contribution in [0.2, 0.25) is 5.02 Å². The minimum Gasteiger partial charge on any atom is -0.475 e. The van der Waals surface area contributed by atoms with Crippen LogP contribution in [-0.4, -0.2) is 95.7 Å². The van der Waals surface area contributed by atoms with Crippen LogP contribution in [0.3, 0.4) is 0 Å². The van der Waals surface area contributed by atoms with Gasteiger partial charge in [0, 0.05) is 49.5 Å². The maximum Gasteiger partial charge on any atom is 0.490 e. The van der Waals surface area contributed by atoms with Gasteiger partial charge < -0.3 is 36.2 Å². The normalized spacial score (nSPS) is 13.8. The Balaban J connectivity index is 0.000000377. The summed E-state index contributed by atoms with van der Waals surface area (Å²) in [5.74, 6) is -6.25. The second kappa shape index (κ2) is 20.9. The first-order chi connectivity index (χ1) is 27.9. The minimum absolute atomic E-state index is 0.0284. The first kappa shape index (κ1) is 47.8. The fourth-order valence-corrected chi connectivity index (χ4v) is 5.15. The number of benzene rings is 1. The molecule has 0 radical (unpaired) electrons. The Kier molecular flexibility index (Phi) is 16.7. The highest BCUT2D eigenvalue weighted by molar-refractivity contribution is 6.32. The van der Waals surface area contributed by atoms with Crippen molar-refractivity contribution in [3.8, 4) is 0 Å². The average Bonchev–Trinajstić information content (AvgIpc) is 3.17. The number of pyridine rings is 1. The van der Waals surface area contributed by atoms with Crippen molar-refractivity contribution in [2.24, 2.45) is 5.92 Å². The molecule has 3 aromatic heterocycles. The van der Waals surface area contributed by atoms with Gasteiger partial charge in [0.05, 0.1) is 18.1 Å². The van der Waals surface area contributed by atoms with Crippen LogP contribution in [0, 0.1) is 5.92 Å². The van der Waals surface area contributed by atoms with Crippen LogP contribution >= 0.6 is 11.6 Å². The highest BCUT2D eigenvalue weighted by Gasteiger charge is 2.39. The summed E-state index contributed by atoms with van der Waals surface area (Å²) in [6.07, 6.45) is -2.75. The number of aliphatic carboxylic acids is 3. The van der Waals surface area contributed by atoms with E-state index in [1.807, 2.05) is 36.5 Å². The van der Waals surface area contributed by atoms with Gasteiger partial charge in [0.1, 0.15) is 5.02 Å². The Morgan fingerprint density at radius 2 is 1.33 bits per heavy atom. The molecular formula is C34H31ClF9N9O7. The molecule has 6 rings (SSSR count). The molecule has 0 atom stereocenters. The van der Waals surface area contributed by atoms with E-state index in [1.165, 1.54) is 0 Å². The Morgan fingerprint density at radius 3 is 1.88 bits per heavy atom. The van der Waals surface area contributed by atoms with Crippen LogP contribution in [0.1, 0.15) is 30.4 Å². The van der Waals surface area contributed by atoms with E-state index in [0.29, 0.717) is 29.1 Å². The molecule has 0 aliphatic carbocycles. The zero-order chi connectivity index (χ0) is 44.8. The molecule has 0 spiro atoms. The number of hydrogen-bond acceptors (Lipinski definition) is 12. The molecule has 2 aliphatic rings. The Bertz CT molecular complexity index is 2050. The van der Waals surface area contributed by atoms with Crippen molar-refractivity contribution in [2.75, 3.05) is 33.9 Å². The molecule has 0 unspecified atom stereocenters. The number of carboxylic acid groups (broad SMARTS) is 3. The third-order valence-corrected chi connectivity index (χ3v) is 8.05. The lowest BCUT2D eigenvalue weighted by Gasteiger charge is -2.31. The summed E-state index contributed by atoms with van der Waals surface area (Å²) in [4.78, 5) is 63.9. The van der Waals surface area contributed by atoms with Crippen molar-refractivity contribution in [1.82, 2.24) is 24.9 Å². The van der Waals surface area contributed by atoms with Gasteiger partial charge >= 0.3 is 36.4 Å². The second-order valence-corrected chi connectivity index (χ2v) is 12.6. The fraction of sp³-hybridized carbons (Fsp3) is 0.324. The number of piperidine rings is 1. The summed E-state index contributed by atoms with van der Waals surface area (Å²) >= 11 is 6.38. The van der Waals surface area contributed by atoms with E-state index in [0.717, 1.165) is 72.9 Å². The van der Waals surface area contributed by atoms with E-state index in [2.05, 4.69) is 45.8 Å². The molecule has 1 saturated heterocycles. The van der Waals surface area contributed by atoms with Crippen molar-refractivity contribution >= 4 is 70.2 Å². The minimum atomic E-state index is -5.08. The smallest absolute Gasteiger partial charge is 0.475 e. The lowest BCUT2D eigenvalue weighted by atomic mass is 9.93. The van der Waals surface area contributed by atoms with Crippen LogP contribution in [-0.2, 0) is 32.0 Å². The molecule has 6 bridgehead atoms. The van der Waals surface area contributed by atoms with Gasteiger partial charge in [-0.25, -0.2) is 29.3 Å². The number of alkyl halides is 9. The van der Waals surface area contributed by atoms with Crippen molar-refractivity contribution < 1.29 is 74.0 Å². The standard InChI is InChI=1S/C28H28ClN9O.3C2HF3O2/c29-23-17-33-27-35-22-12-19(15-30-16-22)2-3-20-14-21(34-26(23)37-27)4-5-24(20)36-25(39)13-18-6-10-38(11-7-18)28-31-8-1-9-32-28;3*3-2(4,5)1(6)7/h1,4-5,8-9,12,14-18H,2-3,6-7,10-11,13H2,(H,36,39)(H2,33,34,35,37);3*(H,6,7). The van der Waals surface area contributed by atoms with E-state index in [-0.39, 0.29) is 5.91 Å². The van der Waals surface area contributed by atoms with Crippen molar-refractivity contribution in [3.05, 3.63) is 77.5 Å². The fourth-order valence-electron chi connectivity index (χ4n) is 5.01. The number of nitrogens with one attached hydrogen (secondary N) is 3. The monoisotopic (exact) mass is 883 g/mol. The van der Waals surface area contributed by atoms with Gasteiger partial charge in [0.25, 0.3) is 0 Å². The predicted molar refractivity (Wildman–Crippen MR) is 193 cm³/mol. The highest BCUT2D eigenvalue weighted by atomic mass is 35.5. The molecule has 60 heavy (non-hydrogen) atoms. The molecule has 26 heteroatoms. The van der Waals surface area contributed by atoms with Gasteiger partial charge in [-0.05, 0) is 73.1 Å². The van der Waals surface area contributed by atoms with Gasteiger partial charge in [-0.2, -0.15) is 44.5 Å². The SMILES string of the molecule is O=C(CC1CCN(c2ncccn2)CC1)Nc1ccc2cc1CCc1cncc(c1)Nc1ncc(Cl)c(n1)N2.O=C(O)C(F)(F)F.O=C(O)C(F)(F)F.O=C(O)C(F)(F)F. The summed E-state index contributed by atoms with van der Waals surface area (Å²) in [6.45, 7) is 1.70. The van der Waals surface area contributed by atoms with Crippen molar-refractivity contribution in [2.45, 2.75) is 50.6 Å². The van der Waals surface area contributed by atoms with Crippen LogP contribution in [0.4, 0.5) is 74.3 Å². The maximum absolute atomic E-state index is 13.1. The third kappa shape index (κ3) is 16.0. The van der Waals surface area contributed by atoms with Crippen molar-refractivity contribution in [3.63, 3.8) is 0 Å². The molecule has 16 nitrogen and oxygen atoms in total. The molecular weight excluding hydrogens is 853 g/mol. The highest BCUT2D eigenvalue weighted by Crippen LogP contribution is 2.30. The average molecular weight is 884 g/mol. The van der Waals surface area contributed by atoms with Gasteiger partial charge in [-0.1, -0.05) is 11.6 Å². The van der Waals surface area contributed by atoms with Crippen LogP contribution < -0.4 is 20.9 Å². The van der Waals surface area contributed by atoms with Gasteiger partial charge in [-0.15, -0.1) is 0 Å². The molecule has 1 amide bonds. The quantitative estimate of drug-likeness (QED) is 0.113. The predicted octanol–water partition coefficient (Wildman–Crippen LogP) is 7.05. The molecule has 4 aromatic rings. The van der Waals surface area contributed by atoms with E-state index < -0.39 is 36.4 Å². The number of carboxylic acids is 3. The van der Waals surface area contributed by atoms with E-state index in [4.69, 9.17) is 41.3 Å². The number of fused-ring (bicyclic) bond motifs is 6. The van der Waals surface area contributed by atoms with Crippen LogP contribution in [0.5, 0.6) is 0 Å². The lowest BCUT2D eigenvalue weighted by Crippen LogP contribution is -2.36.